The number of methoxy groups -OCH3 is 1. The molecule has 3 fully saturated rings. The topological polar surface area (TPSA) is 135 Å². The maximum absolute atomic E-state index is 14.9. The third-order valence-electron chi connectivity index (χ3n) is 10.7. The highest BCUT2D eigenvalue weighted by Gasteiger charge is 2.75. The van der Waals surface area contributed by atoms with E-state index in [2.05, 4.69) is 18.5 Å². The van der Waals surface area contributed by atoms with E-state index in [0.717, 1.165) is 10.8 Å². The Morgan fingerprint density at radius 1 is 1.06 bits per heavy atom. The number of ether oxygens (including phenoxy) is 3. The van der Waals surface area contributed by atoms with Crippen LogP contribution in [0.3, 0.4) is 0 Å². The average molecular weight is 724 g/mol. The lowest BCUT2D eigenvalue weighted by Gasteiger charge is -2.37. The molecule has 3 aliphatic heterocycles. The van der Waals surface area contributed by atoms with Crippen molar-refractivity contribution in [3.05, 3.63) is 104 Å². The van der Waals surface area contributed by atoms with Gasteiger partial charge < -0.3 is 34.4 Å². The number of likely N-dealkylation sites (tertiary alicyclic amines) is 1. The molecule has 3 heterocycles. The molecule has 3 aromatic carbocycles. The van der Waals surface area contributed by atoms with Crippen LogP contribution in [0.4, 0.5) is 5.69 Å². The monoisotopic (exact) mass is 723 g/mol. The van der Waals surface area contributed by atoms with Gasteiger partial charge >= 0.3 is 5.97 Å². The molecule has 0 saturated carbocycles. The number of fused-ring (bicyclic) bond motifs is 2. The van der Waals surface area contributed by atoms with E-state index in [-0.39, 0.29) is 50.4 Å². The number of rotatable bonds is 18. The van der Waals surface area contributed by atoms with Gasteiger partial charge in [-0.05, 0) is 60.6 Å². The van der Waals surface area contributed by atoms with Gasteiger partial charge in [0.2, 0.25) is 11.8 Å². The van der Waals surface area contributed by atoms with Crippen molar-refractivity contribution in [3.8, 4) is 0 Å². The molecule has 3 aliphatic rings. The molecule has 3 aromatic rings. The Morgan fingerprint density at radius 2 is 1.81 bits per heavy atom. The van der Waals surface area contributed by atoms with Gasteiger partial charge in [-0.3, -0.25) is 19.2 Å². The molecule has 53 heavy (non-hydrogen) atoms. The van der Waals surface area contributed by atoms with E-state index < -0.39 is 47.7 Å². The molecule has 2 bridgehead atoms. The van der Waals surface area contributed by atoms with Gasteiger partial charge in [0.15, 0.2) is 0 Å². The molecule has 0 unspecified atom stereocenters. The Morgan fingerprint density at radius 3 is 2.53 bits per heavy atom. The lowest BCUT2D eigenvalue weighted by Crippen LogP contribution is -2.56. The van der Waals surface area contributed by atoms with Gasteiger partial charge in [-0.25, -0.2) is 0 Å². The number of unbranched alkanes of at least 4 members (excludes halogenated alkanes) is 1. The van der Waals surface area contributed by atoms with Crippen molar-refractivity contribution in [2.24, 2.45) is 11.8 Å². The van der Waals surface area contributed by atoms with E-state index in [0.29, 0.717) is 43.4 Å². The van der Waals surface area contributed by atoms with Crippen LogP contribution in [-0.2, 0) is 33.4 Å². The summed E-state index contributed by atoms with van der Waals surface area (Å²) in [4.78, 5) is 60.2. The molecule has 0 radical (unpaired) electrons. The van der Waals surface area contributed by atoms with E-state index in [4.69, 9.17) is 14.2 Å². The van der Waals surface area contributed by atoms with Crippen molar-refractivity contribution in [2.75, 3.05) is 38.3 Å². The van der Waals surface area contributed by atoms with Crippen molar-refractivity contribution in [3.63, 3.8) is 0 Å². The van der Waals surface area contributed by atoms with E-state index in [9.17, 15) is 24.3 Å². The number of allylic oxidation sites excluding steroid dienone is 1. The third-order valence-corrected chi connectivity index (χ3v) is 10.7. The van der Waals surface area contributed by atoms with E-state index >= 15 is 0 Å². The van der Waals surface area contributed by atoms with Gasteiger partial charge in [-0.15, -0.1) is 13.2 Å². The van der Waals surface area contributed by atoms with Crippen LogP contribution in [0.2, 0.25) is 0 Å². The zero-order valence-electron chi connectivity index (χ0n) is 30.2. The average Bonchev–Trinajstić information content (AvgIpc) is 3.82. The van der Waals surface area contributed by atoms with Crippen molar-refractivity contribution in [1.29, 1.82) is 0 Å². The van der Waals surface area contributed by atoms with Crippen LogP contribution in [0.25, 0.3) is 10.8 Å². The Balaban J connectivity index is 1.34. The van der Waals surface area contributed by atoms with Crippen LogP contribution < -0.4 is 10.2 Å². The maximum atomic E-state index is 14.9. The minimum Gasteiger partial charge on any atom is -0.455 e. The summed E-state index contributed by atoms with van der Waals surface area (Å²) in [6, 6.07) is 21.0. The molecule has 2 N–H and O–H groups in total. The van der Waals surface area contributed by atoms with E-state index in [1.54, 1.807) is 22.0 Å². The minimum absolute atomic E-state index is 0.0595. The molecule has 3 amide bonds. The second-order valence-electron chi connectivity index (χ2n) is 14.0. The lowest BCUT2D eigenvalue weighted by atomic mass is 9.70. The second kappa shape index (κ2) is 16.9. The van der Waals surface area contributed by atoms with Gasteiger partial charge in [-0.2, -0.15) is 0 Å². The first kappa shape index (κ1) is 37.9. The molecule has 1 spiro atoms. The summed E-state index contributed by atoms with van der Waals surface area (Å²) in [7, 11) is 1.51. The Bertz CT molecular complexity index is 1820. The summed E-state index contributed by atoms with van der Waals surface area (Å²) in [6.07, 6.45) is 4.21. The SMILES string of the molecule is C=CCCC(=O)N[C@H](COC)[C@H](OC(=O)[C@@H]1[C@H]2C(=O)N(CCCCO)[C@H](C(=O)N(CC=C)c3ccc4ccccc4c3)[C@]23CC[C@H]1O3)c1ccccc1. The van der Waals surface area contributed by atoms with Gasteiger partial charge in [0.05, 0.1) is 30.6 Å². The Hall–Kier alpha value is -4.84. The number of nitrogens with one attached hydrogen (secondary N) is 1. The van der Waals surface area contributed by atoms with Crippen molar-refractivity contribution < 1.29 is 38.5 Å². The first-order valence-electron chi connectivity index (χ1n) is 18.4. The fourth-order valence-corrected chi connectivity index (χ4v) is 8.40. The van der Waals surface area contributed by atoms with Gasteiger partial charge in [0, 0.05) is 38.9 Å². The number of carbonyl (C=O) groups excluding carboxylic acids is 4. The summed E-state index contributed by atoms with van der Waals surface area (Å²) in [6.45, 7) is 8.02. The molecule has 7 atom stereocenters. The van der Waals surface area contributed by atoms with Gasteiger partial charge in [0.1, 0.15) is 17.7 Å². The zero-order chi connectivity index (χ0) is 37.5. The smallest absolute Gasteiger partial charge is 0.313 e. The molecule has 11 nitrogen and oxygen atoms in total. The first-order valence-corrected chi connectivity index (χ1v) is 18.4. The molecule has 0 aromatic heterocycles. The molecule has 3 saturated heterocycles. The molecule has 6 rings (SSSR count). The standard InChI is InChI=1S/C42H49N3O8/c1-4-6-18-34(47)43-32(27-51-3)37(29-15-8-7-9-16-29)52-41(50)35-33-21-22-42(53-33)36(35)39(48)45(24-12-13-25-46)38(42)40(49)44(23-5-2)31-20-19-28-14-10-11-17-30(28)26-31/h4-5,7-11,14-17,19-20,26,32-33,35-38,46H,1-2,6,12-13,18,21-25,27H2,3H3,(H,43,47)/t32-,33-,35+,36+,37-,38-,42+/m1/s1. The summed E-state index contributed by atoms with van der Waals surface area (Å²) in [5, 5.41) is 14.6. The molecular formula is C42H49N3O8. The minimum atomic E-state index is -1.26. The van der Waals surface area contributed by atoms with Crippen molar-refractivity contribution in [2.45, 2.75) is 68.4 Å². The summed E-state index contributed by atoms with van der Waals surface area (Å²) >= 11 is 0. The number of hydrogen-bond acceptors (Lipinski definition) is 8. The van der Waals surface area contributed by atoms with Crippen LogP contribution in [0, 0.1) is 11.8 Å². The van der Waals surface area contributed by atoms with Crippen molar-refractivity contribution >= 4 is 40.2 Å². The number of nitrogens with zero attached hydrogens (tertiary/aromatic N) is 2. The first-order chi connectivity index (χ1) is 25.8. The predicted molar refractivity (Wildman–Crippen MR) is 201 cm³/mol. The fraction of sp³-hybridized carbons (Fsp3) is 0.429. The van der Waals surface area contributed by atoms with Crippen LogP contribution in [0.1, 0.15) is 50.2 Å². The highest BCUT2D eigenvalue weighted by molar-refractivity contribution is 6.05. The van der Waals surface area contributed by atoms with Crippen LogP contribution >= 0.6 is 0 Å². The number of benzene rings is 3. The number of carbonyl (C=O) groups is 4. The summed E-state index contributed by atoms with van der Waals surface area (Å²) in [5.74, 6) is -3.48. The fourth-order valence-electron chi connectivity index (χ4n) is 8.40. The Labute approximate surface area is 310 Å². The van der Waals surface area contributed by atoms with Crippen LogP contribution in [0.5, 0.6) is 0 Å². The number of hydrogen-bond donors (Lipinski definition) is 2. The van der Waals surface area contributed by atoms with Crippen LogP contribution in [-0.4, -0.2) is 90.9 Å². The zero-order valence-corrected chi connectivity index (χ0v) is 30.2. The second-order valence-corrected chi connectivity index (χ2v) is 14.0. The number of aliphatic hydroxyl groups excluding tert-OH is 1. The van der Waals surface area contributed by atoms with E-state index in [1.807, 2.05) is 72.8 Å². The highest BCUT2D eigenvalue weighted by Crippen LogP contribution is 2.59. The number of amides is 3. The molecule has 11 heteroatoms. The van der Waals surface area contributed by atoms with Crippen LogP contribution in [0.15, 0.2) is 98.1 Å². The quantitative estimate of drug-likeness (QED) is 0.108. The van der Waals surface area contributed by atoms with E-state index in [1.165, 1.54) is 7.11 Å². The summed E-state index contributed by atoms with van der Waals surface area (Å²) < 4.78 is 18.5. The van der Waals surface area contributed by atoms with Gasteiger partial charge in [-0.1, -0.05) is 72.8 Å². The maximum Gasteiger partial charge on any atom is 0.313 e. The lowest BCUT2D eigenvalue weighted by molar-refractivity contribution is -0.163. The highest BCUT2D eigenvalue weighted by atomic mass is 16.6. The largest absolute Gasteiger partial charge is 0.455 e. The number of aliphatic hydroxyl groups is 1. The number of esters is 1. The number of anilines is 1. The van der Waals surface area contributed by atoms with Gasteiger partial charge in [0.25, 0.3) is 5.91 Å². The molecular weight excluding hydrogens is 674 g/mol. The summed E-state index contributed by atoms with van der Waals surface area (Å²) in [5.41, 5.74) is 0.0489. The molecule has 0 aliphatic carbocycles. The molecule has 280 valence electrons. The normalized spacial score (nSPS) is 24.0. The third kappa shape index (κ3) is 7.51. The Kier molecular flexibility index (Phi) is 12.1. The van der Waals surface area contributed by atoms with Crippen molar-refractivity contribution in [1.82, 2.24) is 10.2 Å². The predicted octanol–water partition coefficient (Wildman–Crippen LogP) is 4.89.